The number of aromatic nitrogens is 1. The molecule has 1 saturated heterocycles. The van der Waals surface area contributed by atoms with Gasteiger partial charge < -0.3 is 20.6 Å². The minimum atomic E-state index is -1.36. The maximum atomic E-state index is 13.6. The minimum Gasteiger partial charge on any atom is -0.481 e. The summed E-state index contributed by atoms with van der Waals surface area (Å²) in [5.74, 6) is -2.95. The molecule has 4 rings (SSSR count). The SMILES string of the molecule is Cc1cccc(NC(=O)N2CCN(C(=O)c3ccncc3)C2C(=O)NC(CC(=O)O)c2ccc(F)cc2)c1. The third-order valence-electron chi connectivity index (χ3n) is 6.09. The molecule has 38 heavy (non-hydrogen) atoms. The molecule has 2 atom stereocenters. The number of hydrogen-bond acceptors (Lipinski definition) is 5. The number of anilines is 1. The summed E-state index contributed by atoms with van der Waals surface area (Å²) in [5.41, 5.74) is 2.08. The van der Waals surface area contributed by atoms with Gasteiger partial charge in [-0.1, -0.05) is 24.3 Å². The number of urea groups is 1. The number of aliphatic carboxylic acids is 1. The molecule has 0 radical (unpaired) electrons. The highest BCUT2D eigenvalue weighted by molar-refractivity contribution is 6.00. The van der Waals surface area contributed by atoms with Gasteiger partial charge in [-0.15, -0.1) is 0 Å². The molecule has 4 amide bonds. The minimum absolute atomic E-state index is 0.0622. The summed E-state index contributed by atoms with van der Waals surface area (Å²) >= 11 is 0. The molecule has 0 saturated carbocycles. The van der Waals surface area contributed by atoms with Gasteiger partial charge in [0, 0.05) is 36.7 Å². The quantitative estimate of drug-likeness (QED) is 0.439. The van der Waals surface area contributed by atoms with Gasteiger partial charge in [0.25, 0.3) is 11.8 Å². The molecular formula is C27H26FN5O5. The molecule has 3 aromatic rings. The van der Waals surface area contributed by atoms with E-state index in [2.05, 4.69) is 15.6 Å². The lowest BCUT2D eigenvalue weighted by molar-refractivity contribution is -0.138. The van der Waals surface area contributed by atoms with Crippen LogP contribution < -0.4 is 10.6 Å². The Morgan fingerprint density at radius 2 is 1.71 bits per heavy atom. The predicted molar refractivity (Wildman–Crippen MR) is 136 cm³/mol. The summed E-state index contributed by atoms with van der Waals surface area (Å²) in [6.07, 6.45) is 1.03. The average Bonchev–Trinajstić information content (AvgIpc) is 3.34. The van der Waals surface area contributed by atoms with E-state index in [9.17, 15) is 28.7 Å². The molecule has 1 aliphatic heterocycles. The van der Waals surface area contributed by atoms with E-state index in [4.69, 9.17) is 0 Å². The zero-order valence-corrected chi connectivity index (χ0v) is 20.5. The monoisotopic (exact) mass is 519 g/mol. The van der Waals surface area contributed by atoms with E-state index >= 15 is 0 Å². The van der Waals surface area contributed by atoms with Crippen LogP contribution in [0, 0.1) is 12.7 Å². The van der Waals surface area contributed by atoms with Crippen LogP contribution in [0.15, 0.2) is 73.1 Å². The van der Waals surface area contributed by atoms with Crippen molar-refractivity contribution < 1.29 is 28.7 Å². The topological polar surface area (TPSA) is 132 Å². The number of hydrogen-bond donors (Lipinski definition) is 3. The van der Waals surface area contributed by atoms with Crippen LogP contribution in [0.4, 0.5) is 14.9 Å². The lowest BCUT2D eigenvalue weighted by atomic mass is 10.0. The van der Waals surface area contributed by atoms with Crippen molar-refractivity contribution in [2.45, 2.75) is 25.6 Å². The molecule has 0 bridgehead atoms. The number of rotatable bonds is 7. The first-order chi connectivity index (χ1) is 18.2. The lowest BCUT2D eigenvalue weighted by Gasteiger charge is -2.31. The lowest BCUT2D eigenvalue weighted by Crippen LogP contribution is -2.55. The molecule has 196 valence electrons. The van der Waals surface area contributed by atoms with Gasteiger partial charge >= 0.3 is 12.0 Å². The van der Waals surface area contributed by atoms with E-state index < -0.39 is 48.3 Å². The van der Waals surface area contributed by atoms with Gasteiger partial charge in [0.05, 0.1) is 12.5 Å². The zero-order valence-electron chi connectivity index (χ0n) is 20.5. The number of benzene rings is 2. The molecule has 1 aromatic heterocycles. The molecule has 2 unspecified atom stereocenters. The van der Waals surface area contributed by atoms with E-state index in [1.165, 1.54) is 46.5 Å². The van der Waals surface area contributed by atoms with E-state index in [0.29, 0.717) is 11.3 Å². The summed E-state index contributed by atoms with van der Waals surface area (Å²) in [6.45, 7) is 2.00. The standard InChI is InChI=1S/C27H26FN5O5/c1-17-3-2-4-21(15-17)30-27(38)33-14-13-32(26(37)19-9-11-29-12-10-19)25(33)24(36)31-22(16-23(34)35)18-5-7-20(28)8-6-18/h2-12,15,22,25H,13-14,16H2,1H3,(H,30,38)(H,31,36)(H,34,35). The van der Waals surface area contributed by atoms with Crippen molar-refractivity contribution in [3.05, 3.63) is 95.6 Å². The number of carboxylic acid groups (broad SMARTS) is 1. The third-order valence-corrected chi connectivity index (χ3v) is 6.09. The molecular weight excluding hydrogens is 493 g/mol. The van der Waals surface area contributed by atoms with Crippen LogP contribution in [-0.4, -0.2) is 63.0 Å². The van der Waals surface area contributed by atoms with Gasteiger partial charge in [-0.05, 0) is 54.4 Å². The molecule has 2 heterocycles. The van der Waals surface area contributed by atoms with E-state index in [1.54, 1.807) is 18.2 Å². The van der Waals surface area contributed by atoms with Crippen LogP contribution in [0.25, 0.3) is 0 Å². The Labute approximate surface area is 218 Å². The zero-order chi connectivity index (χ0) is 27.2. The van der Waals surface area contributed by atoms with Crippen molar-refractivity contribution >= 4 is 29.5 Å². The number of amides is 4. The van der Waals surface area contributed by atoms with E-state index in [-0.39, 0.29) is 18.7 Å². The first-order valence-electron chi connectivity index (χ1n) is 11.9. The maximum absolute atomic E-state index is 13.6. The van der Waals surface area contributed by atoms with E-state index in [0.717, 1.165) is 17.7 Å². The Balaban J connectivity index is 1.63. The molecule has 3 N–H and O–H groups in total. The maximum Gasteiger partial charge on any atom is 0.323 e. The molecule has 2 aromatic carbocycles. The molecule has 10 nitrogen and oxygen atoms in total. The number of aryl methyl sites for hydroxylation is 1. The highest BCUT2D eigenvalue weighted by atomic mass is 19.1. The number of pyridine rings is 1. The molecule has 0 aliphatic carbocycles. The summed E-state index contributed by atoms with van der Waals surface area (Å²) in [6, 6.07) is 13.6. The Hall–Kier alpha value is -4.80. The van der Waals surface area contributed by atoms with Gasteiger partial charge in [-0.2, -0.15) is 0 Å². The van der Waals surface area contributed by atoms with E-state index in [1.807, 2.05) is 13.0 Å². The number of halogens is 1. The van der Waals surface area contributed by atoms with Crippen molar-refractivity contribution in [2.24, 2.45) is 0 Å². The highest BCUT2D eigenvalue weighted by Crippen LogP contribution is 2.23. The number of carboxylic acids is 1. The largest absolute Gasteiger partial charge is 0.481 e. The third kappa shape index (κ3) is 6.12. The first kappa shape index (κ1) is 26.3. The fourth-order valence-electron chi connectivity index (χ4n) is 4.28. The average molecular weight is 520 g/mol. The molecule has 1 fully saturated rings. The normalized spacial score (nSPS) is 15.6. The van der Waals surface area contributed by atoms with Crippen LogP contribution in [-0.2, 0) is 9.59 Å². The van der Waals surface area contributed by atoms with Gasteiger partial charge in [0.1, 0.15) is 5.82 Å². The van der Waals surface area contributed by atoms with Crippen LogP contribution in [0.3, 0.4) is 0 Å². The van der Waals surface area contributed by atoms with Crippen molar-refractivity contribution in [1.29, 1.82) is 0 Å². The highest BCUT2D eigenvalue weighted by Gasteiger charge is 2.43. The number of nitrogens with zero attached hydrogens (tertiary/aromatic N) is 3. The van der Waals surface area contributed by atoms with Crippen LogP contribution in [0.1, 0.15) is 33.9 Å². The fraction of sp³-hybridized carbons (Fsp3) is 0.222. The Morgan fingerprint density at radius 1 is 1.03 bits per heavy atom. The summed E-state index contributed by atoms with van der Waals surface area (Å²) in [5, 5.41) is 14.8. The summed E-state index contributed by atoms with van der Waals surface area (Å²) in [7, 11) is 0. The Morgan fingerprint density at radius 3 is 2.37 bits per heavy atom. The van der Waals surface area contributed by atoms with Gasteiger partial charge in [-0.25, -0.2) is 9.18 Å². The number of carbonyl (C=O) groups excluding carboxylic acids is 3. The number of nitrogens with one attached hydrogen (secondary N) is 2. The first-order valence-corrected chi connectivity index (χ1v) is 11.9. The van der Waals surface area contributed by atoms with Crippen LogP contribution in [0.5, 0.6) is 0 Å². The van der Waals surface area contributed by atoms with Crippen LogP contribution in [0.2, 0.25) is 0 Å². The fourth-order valence-corrected chi connectivity index (χ4v) is 4.28. The van der Waals surface area contributed by atoms with Crippen molar-refractivity contribution in [3.63, 3.8) is 0 Å². The van der Waals surface area contributed by atoms with Crippen LogP contribution >= 0.6 is 0 Å². The van der Waals surface area contributed by atoms with Crippen molar-refractivity contribution in [2.75, 3.05) is 18.4 Å². The second-order valence-electron chi connectivity index (χ2n) is 8.81. The van der Waals surface area contributed by atoms with Crippen molar-refractivity contribution in [3.8, 4) is 0 Å². The van der Waals surface area contributed by atoms with Gasteiger partial charge in [0.2, 0.25) is 0 Å². The second kappa shape index (κ2) is 11.5. The van der Waals surface area contributed by atoms with Crippen molar-refractivity contribution in [1.82, 2.24) is 20.1 Å². The molecule has 1 aliphatic rings. The molecule has 0 spiro atoms. The summed E-state index contributed by atoms with van der Waals surface area (Å²) in [4.78, 5) is 58.2. The Kier molecular flexibility index (Phi) is 7.95. The Bertz CT molecular complexity index is 1340. The predicted octanol–water partition coefficient (Wildman–Crippen LogP) is 3.18. The van der Waals surface area contributed by atoms with Gasteiger partial charge in [-0.3, -0.25) is 24.3 Å². The number of carbonyl (C=O) groups is 4. The summed E-state index contributed by atoms with van der Waals surface area (Å²) < 4.78 is 13.5. The molecule has 11 heteroatoms. The second-order valence-corrected chi connectivity index (χ2v) is 8.81. The van der Waals surface area contributed by atoms with Gasteiger partial charge in [0.15, 0.2) is 6.17 Å². The smallest absolute Gasteiger partial charge is 0.323 e.